The van der Waals surface area contributed by atoms with Crippen molar-refractivity contribution in [1.29, 1.82) is 0 Å². The minimum atomic E-state index is -0.650. The summed E-state index contributed by atoms with van der Waals surface area (Å²) in [6.07, 6.45) is 4.82. The molecule has 1 aromatic carbocycles. The molecule has 0 saturated carbocycles. The largest absolute Gasteiger partial charge is 0.465 e. The van der Waals surface area contributed by atoms with Crippen LogP contribution in [-0.2, 0) is 17.6 Å². The van der Waals surface area contributed by atoms with E-state index in [1.165, 1.54) is 36.6 Å². The quantitative estimate of drug-likeness (QED) is 0.447. The fraction of sp³-hybridized carbons (Fsp3) is 0.278. The first-order valence-electron chi connectivity index (χ1n) is 8.28. The molecule has 9 heteroatoms. The molecule has 0 spiro atoms. The molecule has 2 amide bonds. The number of esters is 1. The van der Waals surface area contributed by atoms with Crippen LogP contribution in [0, 0.1) is 5.82 Å². The van der Waals surface area contributed by atoms with Gasteiger partial charge in [0.05, 0.1) is 23.9 Å². The standard InChI is InChI=1S/C18H17ClFN3O3S/c1-26-17(24)15-10-5-2-3-8-14(10)27-16(15)22-18(25)23-21-9-11-12(19)6-4-7-13(11)20/h4,6-7,9H,2-3,5,8H2,1H3,(H2,22,23,25). The Hall–Kier alpha value is -2.45. The number of nitrogens with zero attached hydrogens (tertiary/aromatic N) is 1. The van der Waals surface area contributed by atoms with Crippen molar-refractivity contribution in [2.24, 2.45) is 5.10 Å². The van der Waals surface area contributed by atoms with Gasteiger partial charge in [-0.25, -0.2) is 19.4 Å². The number of thiophene rings is 1. The molecule has 2 N–H and O–H groups in total. The molecule has 0 unspecified atom stereocenters. The number of hydrogen-bond acceptors (Lipinski definition) is 5. The number of methoxy groups -OCH3 is 1. The Kier molecular flexibility index (Phi) is 6.08. The van der Waals surface area contributed by atoms with Crippen LogP contribution in [0.4, 0.5) is 14.2 Å². The van der Waals surface area contributed by atoms with Crippen molar-refractivity contribution in [2.75, 3.05) is 12.4 Å². The van der Waals surface area contributed by atoms with Crippen LogP contribution in [0.1, 0.15) is 39.2 Å². The van der Waals surface area contributed by atoms with Gasteiger partial charge in [-0.15, -0.1) is 11.3 Å². The molecule has 0 bridgehead atoms. The van der Waals surface area contributed by atoms with Crippen molar-refractivity contribution in [3.8, 4) is 0 Å². The first-order chi connectivity index (χ1) is 13.0. The maximum Gasteiger partial charge on any atom is 0.341 e. The Bertz CT molecular complexity index is 893. The number of carbonyl (C=O) groups is 2. The third kappa shape index (κ3) is 4.28. The lowest BCUT2D eigenvalue weighted by Gasteiger charge is -2.11. The van der Waals surface area contributed by atoms with Crippen LogP contribution in [0.5, 0.6) is 0 Å². The van der Waals surface area contributed by atoms with Gasteiger partial charge in [-0.2, -0.15) is 5.10 Å². The van der Waals surface area contributed by atoms with E-state index in [2.05, 4.69) is 15.8 Å². The molecule has 1 heterocycles. The van der Waals surface area contributed by atoms with Crippen molar-refractivity contribution >= 4 is 46.2 Å². The average Bonchev–Trinajstić information content (AvgIpc) is 3.01. The zero-order valence-electron chi connectivity index (χ0n) is 14.5. The van der Waals surface area contributed by atoms with Crippen LogP contribution >= 0.6 is 22.9 Å². The number of hydrazone groups is 1. The Morgan fingerprint density at radius 3 is 2.85 bits per heavy atom. The predicted molar refractivity (Wildman–Crippen MR) is 103 cm³/mol. The number of fused-ring (bicyclic) bond motifs is 1. The van der Waals surface area contributed by atoms with E-state index in [0.717, 1.165) is 42.3 Å². The number of anilines is 1. The maximum absolute atomic E-state index is 13.7. The topological polar surface area (TPSA) is 79.8 Å². The number of halogens is 2. The van der Waals surface area contributed by atoms with Crippen LogP contribution in [0.2, 0.25) is 5.02 Å². The monoisotopic (exact) mass is 409 g/mol. The van der Waals surface area contributed by atoms with Gasteiger partial charge in [0.2, 0.25) is 0 Å². The van der Waals surface area contributed by atoms with Gasteiger partial charge in [0.25, 0.3) is 0 Å². The van der Waals surface area contributed by atoms with Crippen molar-refractivity contribution in [1.82, 2.24) is 5.43 Å². The van der Waals surface area contributed by atoms with E-state index in [1.54, 1.807) is 0 Å². The van der Waals surface area contributed by atoms with E-state index in [4.69, 9.17) is 16.3 Å². The highest BCUT2D eigenvalue weighted by Gasteiger charge is 2.26. The molecule has 1 aliphatic carbocycles. The van der Waals surface area contributed by atoms with Crippen LogP contribution in [-0.4, -0.2) is 25.3 Å². The predicted octanol–water partition coefficient (Wildman–Crippen LogP) is 4.36. The molecule has 0 saturated heterocycles. The summed E-state index contributed by atoms with van der Waals surface area (Å²) in [6, 6.07) is 3.58. The van der Waals surface area contributed by atoms with E-state index < -0.39 is 17.8 Å². The number of ether oxygens (including phenoxy) is 1. The molecule has 1 aromatic heterocycles. The third-order valence-electron chi connectivity index (χ3n) is 4.15. The molecule has 3 rings (SSSR count). The first-order valence-corrected chi connectivity index (χ1v) is 9.47. The summed E-state index contributed by atoms with van der Waals surface area (Å²) < 4.78 is 18.5. The normalized spacial score (nSPS) is 13.3. The van der Waals surface area contributed by atoms with E-state index in [1.807, 2.05) is 0 Å². The second kappa shape index (κ2) is 8.49. The number of hydrogen-bond donors (Lipinski definition) is 2. The van der Waals surface area contributed by atoms with Crippen LogP contribution in [0.3, 0.4) is 0 Å². The summed E-state index contributed by atoms with van der Waals surface area (Å²) in [7, 11) is 1.31. The number of benzene rings is 1. The van der Waals surface area contributed by atoms with E-state index in [9.17, 15) is 14.0 Å². The van der Waals surface area contributed by atoms with Crippen LogP contribution < -0.4 is 10.7 Å². The van der Waals surface area contributed by atoms with Gasteiger partial charge in [-0.1, -0.05) is 17.7 Å². The number of amides is 2. The molecule has 0 atom stereocenters. The molecular formula is C18H17ClFN3O3S. The molecule has 6 nitrogen and oxygen atoms in total. The van der Waals surface area contributed by atoms with E-state index in [-0.39, 0.29) is 10.6 Å². The zero-order chi connectivity index (χ0) is 19.4. The van der Waals surface area contributed by atoms with Gasteiger partial charge in [0.1, 0.15) is 10.8 Å². The van der Waals surface area contributed by atoms with Crippen molar-refractivity contribution < 1.29 is 18.7 Å². The summed E-state index contributed by atoms with van der Waals surface area (Å²) in [5.74, 6) is -1.03. The molecule has 0 radical (unpaired) electrons. The van der Waals surface area contributed by atoms with Gasteiger partial charge < -0.3 is 4.74 Å². The lowest BCUT2D eigenvalue weighted by Crippen LogP contribution is -2.25. The number of aryl methyl sites for hydroxylation is 1. The highest BCUT2D eigenvalue weighted by molar-refractivity contribution is 7.17. The number of urea groups is 1. The second-order valence-corrected chi connectivity index (χ2v) is 7.38. The highest BCUT2D eigenvalue weighted by atomic mass is 35.5. The van der Waals surface area contributed by atoms with E-state index in [0.29, 0.717) is 10.6 Å². The van der Waals surface area contributed by atoms with Crippen LogP contribution in [0.15, 0.2) is 23.3 Å². The zero-order valence-corrected chi connectivity index (χ0v) is 16.0. The molecular weight excluding hydrogens is 393 g/mol. The van der Waals surface area contributed by atoms with Crippen molar-refractivity contribution in [2.45, 2.75) is 25.7 Å². The summed E-state index contributed by atoms with van der Waals surface area (Å²) in [4.78, 5) is 25.4. The Balaban J connectivity index is 1.74. The first kappa shape index (κ1) is 19.3. The smallest absolute Gasteiger partial charge is 0.341 e. The van der Waals surface area contributed by atoms with Gasteiger partial charge in [0.15, 0.2) is 0 Å². The molecule has 142 valence electrons. The van der Waals surface area contributed by atoms with Crippen molar-refractivity contribution in [3.63, 3.8) is 0 Å². The Labute approximate surface area is 164 Å². The Morgan fingerprint density at radius 1 is 1.33 bits per heavy atom. The number of rotatable bonds is 4. The lowest BCUT2D eigenvalue weighted by molar-refractivity contribution is 0.0601. The molecule has 0 aliphatic heterocycles. The van der Waals surface area contributed by atoms with Gasteiger partial charge in [-0.3, -0.25) is 5.32 Å². The summed E-state index contributed by atoms with van der Waals surface area (Å²) >= 11 is 7.26. The molecule has 0 fully saturated rings. The van der Waals surface area contributed by atoms with Crippen molar-refractivity contribution in [3.05, 3.63) is 50.6 Å². The molecule has 2 aromatic rings. The fourth-order valence-corrected chi connectivity index (χ4v) is 4.38. The Morgan fingerprint density at radius 2 is 2.11 bits per heavy atom. The third-order valence-corrected chi connectivity index (χ3v) is 5.68. The number of carbonyl (C=O) groups excluding carboxylic acids is 2. The molecule has 1 aliphatic rings. The van der Waals surface area contributed by atoms with Crippen LogP contribution in [0.25, 0.3) is 0 Å². The highest BCUT2D eigenvalue weighted by Crippen LogP contribution is 2.38. The summed E-state index contributed by atoms with van der Waals surface area (Å²) in [5.41, 5.74) is 3.65. The van der Waals surface area contributed by atoms with E-state index >= 15 is 0 Å². The summed E-state index contributed by atoms with van der Waals surface area (Å²) in [6.45, 7) is 0. The maximum atomic E-state index is 13.7. The minimum absolute atomic E-state index is 0.0707. The number of nitrogens with one attached hydrogen (secondary N) is 2. The summed E-state index contributed by atoms with van der Waals surface area (Å²) in [5, 5.41) is 6.94. The molecule has 27 heavy (non-hydrogen) atoms. The fourth-order valence-electron chi connectivity index (χ4n) is 2.89. The van der Waals surface area contributed by atoms with Gasteiger partial charge in [-0.05, 0) is 43.4 Å². The van der Waals surface area contributed by atoms with Gasteiger partial charge in [0, 0.05) is 10.4 Å². The van der Waals surface area contributed by atoms with Gasteiger partial charge >= 0.3 is 12.0 Å². The second-order valence-electron chi connectivity index (χ2n) is 5.87. The minimum Gasteiger partial charge on any atom is -0.465 e. The average molecular weight is 410 g/mol. The SMILES string of the molecule is COC(=O)c1c(NC(=O)NN=Cc2c(F)cccc2Cl)sc2c1CCCC2. The lowest BCUT2D eigenvalue weighted by atomic mass is 9.95.